The van der Waals surface area contributed by atoms with Crippen LogP contribution >= 0.6 is 0 Å². The van der Waals surface area contributed by atoms with E-state index in [1.54, 1.807) is 0 Å². The lowest BCUT2D eigenvalue weighted by Crippen LogP contribution is -2.14. The molecular formula is C18H30N2O. The lowest BCUT2D eigenvalue weighted by Gasteiger charge is -2.21. The van der Waals surface area contributed by atoms with E-state index in [4.69, 9.17) is 0 Å². The highest BCUT2D eigenvalue weighted by atomic mass is 16.1. The van der Waals surface area contributed by atoms with Gasteiger partial charge >= 0.3 is 0 Å². The van der Waals surface area contributed by atoms with Gasteiger partial charge in [0, 0.05) is 12.6 Å². The molecule has 1 aliphatic rings. The van der Waals surface area contributed by atoms with E-state index < -0.39 is 0 Å². The van der Waals surface area contributed by atoms with Gasteiger partial charge < -0.3 is 0 Å². The molecule has 3 nitrogen and oxygen atoms in total. The molecule has 0 spiro atoms. The third-order valence-electron chi connectivity index (χ3n) is 4.55. The zero-order chi connectivity index (χ0) is 14.9. The van der Waals surface area contributed by atoms with Crippen molar-refractivity contribution in [2.75, 3.05) is 0 Å². The SMILES string of the molecule is CCCCCCCC(=O)Cc1ccn(C2CCCCC2)n1. The first-order chi connectivity index (χ1) is 10.3. The normalized spacial score (nSPS) is 16.2. The summed E-state index contributed by atoms with van der Waals surface area (Å²) in [6, 6.07) is 2.60. The molecule has 1 aliphatic carbocycles. The van der Waals surface area contributed by atoms with Crippen LogP contribution in [-0.2, 0) is 11.2 Å². The average Bonchev–Trinajstić information content (AvgIpc) is 2.96. The molecule has 1 aromatic heterocycles. The molecule has 0 aromatic carbocycles. The maximum absolute atomic E-state index is 12.0. The highest BCUT2D eigenvalue weighted by molar-refractivity contribution is 5.80. The first-order valence-electron chi connectivity index (χ1n) is 8.85. The quantitative estimate of drug-likeness (QED) is 0.609. The highest BCUT2D eigenvalue weighted by Crippen LogP contribution is 2.27. The molecule has 0 aliphatic heterocycles. The summed E-state index contributed by atoms with van der Waals surface area (Å²) in [5.74, 6) is 0.348. The molecule has 0 atom stereocenters. The van der Waals surface area contributed by atoms with Crippen molar-refractivity contribution in [1.29, 1.82) is 0 Å². The van der Waals surface area contributed by atoms with Crippen LogP contribution < -0.4 is 0 Å². The van der Waals surface area contributed by atoms with Crippen LogP contribution in [0.4, 0.5) is 0 Å². The Labute approximate surface area is 129 Å². The monoisotopic (exact) mass is 290 g/mol. The first kappa shape index (κ1) is 16.3. The van der Waals surface area contributed by atoms with Crippen molar-refractivity contribution in [3.8, 4) is 0 Å². The Morgan fingerprint density at radius 3 is 2.71 bits per heavy atom. The van der Waals surface area contributed by atoms with Crippen molar-refractivity contribution in [1.82, 2.24) is 9.78 Å². The molecule has 0 N–H and O–H groups in total. The molecule has 0 unspecified atom stereocenters. The maximum Gasteiger partial charge on any atom is 0.138 e. The molecule has 21 heavy (non-hydrogen) atoms. The van der Waals surface area contributed by atoms with Gasteiger partial charge in [0.05, 0.1) is 18.2 Å². The highest BCUT2D eigenvalue weighted by Gasteiger charge is 2.16. The maximum atomic E-state index is 12.0. The number of Topliss-reactive ketones (excluding diaryl/α,β-unsaturated/α-hetero) is 1. The molecule has 1 fully saturated rings. The summed E-state index contributed by atoms with van der Waals surface area (Å²) < 4.78 is 2.10. The lowest BCUT2D eigenvalue weighted by atomic mass is 9.96. The lowest BCUT2D eigenvalue weighted by molar-refractivity contribution is -0.118. The minimum absolute atomic E-state index is 0.348. The minimum atomic E-state index is 0.348. The van der Waals surface area contributed by atoms with Crippen molar-refractivity contribution in [2.24, 2.45) is 0 Å². The van der Waals surface area contributed by atoms with Gasteiger partial charge in [-0.2, -0.15) is 5.10 Å². The van der Waals surface area contributed by atoms with Crippen LogP contribution in [0, 0.1) is 0 Å². The second-order valence-corrected chi connectivity index (χ2v) is 6.46. The number of aromatic nitrogens is 2. The number of nitrogens with zero attached hydrogens (tertiary/aromatic N) is 2. The van der Waals surface area contributed by atoms with E-state index >= 15 is 0 Å². The fourth-order valence-electron chi connectivity index (χ4n) is 3.24. The number of unbranched alkanes of at least 4 members (excludes halogenated alkanes) is 4. The third-order valence-corrected chi connectivity index (χ3v) is 4.55. The van der Waals surface area contributed by atoms with Crippen LogP contribution in [0.15, 0.2) is 12.3 Å². The van der Waals surface area contributed by atoms with Crippen molar-refractivity contribution >= 4 is 5.78 Å². The van der Waals surface area contributed by atoms with Crippen LogP contribution in [-0.4, -0.2) is 15.6 Å². The number of hydrogen-bond donors (Lipinski definition) is 0. The second-order valence-electron chi connectivity index (χ2n) is 6.46. The summed E-state index contributed by atoms with van der Waals surface area (Å²) in [7, 11) is 0. The van der Waals surface area contributed by atoms with Gasteiger partial charge in [-0.25, -0.2) is 0 Å². The predicted octanol–water partition coefficient (Wildman–Crippen LogP) is 4.86. The van der Waals surface area contributed by atoms with E-state index in [1.165, 1.54) is 57.8 Å². The first-order valence-corrected chi connectivity index (χ1v) is 8.85. The second kappa shape index (κ2) is 9.01. The van der Waals surface area contributed by atoms with Gasteiger partial charge in [-0.05, 0) is 25.3 Å². The van der Waals surface area contributed by atoms with Gasteiger partial charge in [-0.3, -0.25) is 9.48 Å². The van der Waals surface area contributed by atoms with Crippen LogP contribution in [0.5, 0.6) is 0 Å². The van der Waals surface area contributed by atoms with Crippen molar-refractivity contribution < 1.29 is 4.79 Å². The van der Waals surface area contributed by atoms with Gasteiger partial charge in [-0.15, -0.1) is 0 Å². The zero-order valence-corrected chi connectivity index (χ0v) is 13.5. The smallest absolute Gasteiger partial charge is 0.138 e. The van der Waals surface area contributed by atoms with Gasteiger partial charge in [0.1, 0.15) is 5.78 Å². The number of carbonyl (C=O) groups is 1. The van der Waals surface area contributed by atoms with Crippen molar-refractivity contribution in [2.45, 2.75) is 90.0 Å². The molecule has 118 valence electrons. The van der Waals surface area contributed by atoms with Crippen molar-refractivity contribution in [3.05, 3.63) is 18.0 Å². The van der Waals surface area contributed by atoms with Crippen LogP contribution in [0.1, 0.15) is 89.3 Å². The molecular weight excluding hydrogens is 260 g/mol. The Morgan fingerprint density at radius 2 is 1.95 bits per heavy atom. The summed E-state index contributed by atoms with van der Waals surface area (Å²) in [6.07, 6.45) is 15.8. The molecule has 0 radical (unpaired) electrons. The largest absolute Gasteiger partial charge is 0.299 e. The Hall–Kier alpha value is -1.12. The van der Waals surface area contributed by atoms with E-state index in [9.17, 15) is 4.79 Å². The van der Waals surface area contributed by atoms with Crippen LogP contribution in [0.2, 0.25) is 0 Å². The van der Waals surface area contributed by atoms with Gasteiger partial charge in [-0.1, -0.05) is 51.9 Å². The Bertz CT molecular complexity index is 419. The van der Waals surface area contributed by atoms with E-state index in [0.29, 0.717) is 18.2 Å². The molecule has 1 aromatic rings. The summed E-state index contributed by atoms with van der Waals surface area (Å²) in [5, 5.41) is 4.63. The van der Waals surface area contributed by atoms with Crippen LogP contribution in [0.3, 0.4) is 0 Å². The Balaban J connectivity index is 1.70. The van der Waals surface area contributed by atoms with E-state index in [2.05, 4.69) is 22.9 Å². The fourth-order valence-corrected chi connectivity index (χ4v) is 3.24. The van der Waals surface area contributed by atoms with E-state index in [0.717, 1.165) is 18.5 Å². The molecule has 0 amide bonds. The number of hydrogen-bond acceptors (Lipinski definition) is 2. The standard InChI is InChI=1S/C18H30N2O/c1-2-3-4-5-9-12-18(21)15-16-13-14-20(19-16)17-10-7-6-8-11-17/h13-14,17H,2-12,15H2,1H3. The van der Waals surface area contributed by atoms with Gasteiger partial charge in [0.15, 0.2) is 0 Å². The summed E-state index contributed by atoms with van der Waals surface area (Å²) in [6.45, 7) is 2.22. The van der Waals surface area contributed by atoms with Gasteiger partial charge in [0.25, 0.3) is 0 Å². The fraction of sp³-hybridized carbons (Fsp3) is 0.778. The van der Waals surface area contributed by atoms with Crippen LogP contribution in [0.25, 0.3) is 0 Å². The molecule has 1 saturated carbocycles. The molecule has 2 rings (SSSR count). The molecule has 0 saturated heterocycles. The number of rotatable bonds is 9. The predicted molar refractivity (Wildman–Crippen MR) is 86.4 cm³/mol. The Morgan fingerprint density at radius 1 is 1.19 bits per heavy atom. The van der Waals surface area contributed by atoms with E-state index in [-0.39, 0.29) is 0 Å². The minimum Gasteiger partial charge on any atom is -0.299 e. The Kier molecular flexibility index (Phi) is 6.98. The zero-order valence-electron chi connectivity index (χ0n) is 13.5. The third kappa shape index (κ3) is 5.64. The summed E-state index contributed by atoms with van der Waals surface area (Å²) in [5.41, 5.74) is 0.958. The number of ketones is 1. The summed E-state index contributed by atoms with van der Waals surface area (Å²) >= 11 is 0. The molecule has 3 heteroatoms. The van der Waals surface area contributed by atoms with Crippen molar-refractivity contribution in [3.63, 3.8) is 0 Å². The van der Waals surface area contributed by atoms with Gasteiger partial charge in [0.2, 0.25) is 0 Å². The van der Waals surface area contributed by atoms with E-state index in [1.807, 2.05) is 6.07 Å². The number of carbonyl (C=O) groups excluding carboxylic acids is 1. The molecule has 1 heterocycles. The average molecular weight is 290 g/mol. The summed E-state index contributed by atoms with van der Waals surface area (Å²) in [4.78, 5) is 12.0. The topological polar surface area (TPSA) is 34.9 Å². The molecule has 0 bridgehead atoms.